The third-order valence-corrected chi connectivity index (χ3v) is 6.55. The van der Waals surface area contributed by atoms with Gasteiger partial charge >= 0.3 is 0 Å². The lowest BCUT2D eigenvalue weighted by Gasteiger charge is -2.24. The van der Waals surface area contributed by atoms with E-state index < -0.39 is 0 Å². The van der Waals surface area contributed by atoms with Crippen LogP contribution in [0.3, 0.4) is 0 Å². The Morgan fingerprint density at radius 3 is 2.57 bits per heavy atom. The van der Waals surface area contributed by atoms with Crippen LogP contribution in [0.1, 0.15) is 19.2 Å². The number of amides is 1. The number of fused-ring (bicyclic) bond motifs is 2. The second-order valence-electron chi connectivity index (χ2n) is 8.75. The van der Waals surface area contributed by atoms with E-state index in [-0.39, 0.29) is 5.91 Å². The molecule has 2 N–H and O–H groups in total. The highest BCUT2D eigenvalue weighted by Gasteiger charge is 2.22. The fraction of sp³-hybridized carbons (Fsp3) is 0.143. The molecule has 7 nitrogen and oxygen atoms in total. The summed E-state index contributed by atoms with van der Waals surface area (Å²) in [4.78, 5) is 27.9. The zero-order chi connectivity index (χ0) is 23.9. The van der Waals surface area contributed by atoms with Crippen LogP contribution in [0.4, 0.5) is 5.82 Å². The summed E-state index contributed by atoms with van der Waals surface area (Å²) in [6, 6.07) is 20.5. The lowest BCUT2D eigenvalue weighted by molar-refractivity contribution is -0.128. The van der Waals surface area contributed by atoms with E-state index in [9.17, 15) is 4.79 Å². The van der Waals surface area contributed by atoms with Gasteiger partial charge in [0, 0.05) is 36.5 Å². The maximum absolute atomic E-state index is 11.8. The maximum Gasteiger partial charge on any atom is 0.219 e. The minimum atomic E-state index is 0.0798. The molecule has 1 aliphatic heterocycles. The van der Waals surface area contributed by atoms with Crippen LogP contribution >= 0.6 is 0 Å². The Hall–Kier alpha value is -4.52. The fourth-order valence-electron chi connectivity index (χ4n) is 4.68. The summed E-state index contributed by atoms with van der Waals surface area (Å²) in [5, 5.41) is 1.06. The van der Waals surface area contributed by atoms with Gasteiger partial charge in [-0.25, -0.2) is 9.97 Å². The van der Waals surface area contributed by atoms with Crippen molar-refractivity contribution in [1.29, 1.82) is 0 Å². The zero-order valence-electron chi connectivity index (χ0n) is 19.3. The lowest BCUT2D eigenvalue weighted by atomic mass is 10.1. The Morgan fingerprint density at radius 2 is 1.80 bits per heavy atom. The smallest absolute Gasteiger partial charge is 0.219 e. The number of aromatic nitrogens is 4. The van der Waals surface area contributed by atoms with E-state index in [4.69, 9.17) is 15.7 Å². The molecule has 0 unspecified atom stereocenters. The Kier molecular flexibility index (Phi) is 5.03. The minimum Gasteiger partial charge on any atom is -0.383 e. The number of nitrogens with two attached hydrogens (primary N) is 1. The number of rotatable bonds is 3. The molecule has 0 radical (unpaired) electrons. The normalized spacial score (nSPS) is 13.9. The van der Waals surface area contributed by atoms with Gasteiger partial charge in [0.05, 0.1) is 34.8 Å². The summed E-state index contributed by atoms with van der Waals surface area (Å²) >= 11 is 0. The molecule has 6 rings (SSSR count). The van der Waals surface area contributed by atoms with Crippen molar-refractivity contribution in [3.8, 4) is 22.5 Å². The molecule has 1 aliphatic rings. The second kappa shape index (κ2) is 8.36. The van der Waals surface area contributed by atoms with Gasteiger partial charge in [-0.15, -0.1) is 0 Å². The minimum absolute atomic E-state index is 0.0798. The van der Waals surface area contributed by atoms with Crippen LogP contribution in [-0.4, -0.2) is 43.2 Å². The summed E-state index contributed by atoms with van der Waals surface area (Å²) in [5.41, 5.74) is 12.9. The highest BCUT2D eigenvalue weighted by atomic mass is 16.2. The van der Waals surface area contributed by atoms with Crippen LogP contribution in [0.25, 0.3) is 44.5 Å². The molecule has 1 amide bonds. The number of benzene rings is 2. The quantitative estimate of drug-likeness (QED) is 0.417. The molecule has 0 saturated carbocycles. The molecular weight excluding hydrogens is 436 g/mol. The predicted octanol–water partition coefficient (Wildman–Crippen LogP) is 4.83. The van der Waals surface area contributed by atoms with Gasteiger partial charge in [0.15, 0.2) is 0 Å². The third-order valence-electron chi connectivity index (χ3n) is 6.55. The number of pyridine rings is 1. The number of imidazole rings is 1. The zero-order valence-corrected chi connectivity index (χ0v) is 19.3. The van der Waals surface area contributed by atoms with E-state index in [1.807, 2.05) is 33.6 Å². The van der Waals surface area contributed by atoms with Crippen molar-refractivity contribution in [2.24, 2.45) is 0 Å². The molecule has 172 valence electrons. The van der Waals surface area contributed by atoms with E-state index in [0.717, 1.165) is 56.8 Å². The van der Waals surface area contributed by atoms with Crippen LogP contribution in [0, 0.1) is 0 Å². The predicted molar refractivity (Wildman–Crippen MR) is 138 cm³/mol. The van der Waals surface area contributed by atoms with Gasteiger partial charge in [-0.1, -0.05) is 54.6 Å². The molecule has 35 heavy (non-hydrogen) atoms. The molecule has 0 fully saturated rings. The van der Waals surface area contributed by atoms with E-state index in [1.54, 1.807) is 19.3 Å². The van der Waals surface area contributed by atoms with Crippen LogP contribution in [0.5, 0.6) is 0 Å². The standard InChI is InChI=1S/C28H24N6O/c1-18(35)33-13-11-21(12-14-33)28-32-27(25-16-30-17-26(29)34(25)28)22-8-7-20-9-10-23(31-24(20)15-22)19-5-3-2-4-6-19/h2-11,15-17H,12-14,29H2,1H3. The summed E-state index contributed by atoms with van der Waals surface area (Å²) in [6.07, 6.45) is 6.23. The van der Waals surface area contributed by atoms with Gasteiger partial charge < -0.3 is 10.6 Å². The van der Waals surface area contributed by atoms with Gasteiger partial charge in [0.25, 0.3) is 0 Å². The van der Waals surface area contributed by atoms with Gasteiger partial charge in [-0.3, -0.25) is 14.2 Å². The van der Waals surface area contributed by atoms with Crippen LogP contribution in [0.15, 0.2) is 79.1 Å². The number of carbonyl (C=O) groups excluding carboxylic acids is 1. The number of carbonyl (C=O) groups is 1. The van der Waals surface area contributed by atoms with E-state index >= 15 is 0 Å². The average molecular weight is 461 g/mol. The van der Waals surface area contributed by atoms with Crippen molar-refractivity contribution in [2.75, 3.05) is 18.8 Å². The van der Waals surface area contributed by atoms with Gasteiger partial charge in [-0.05, 0) is 24.1 Å². The van der Waals surface area contributed by atoms with E-state index in [0.29, 0.717) is 18.9 Å². The first-order valence-corrected chi connectivity index (χ1v) is 11.6. The number of hydrogen-bond acceptors (Lipinski definition) is 5. The average Bonchev–Trinajstić information content (AvgIpc) is 3.30. The van der Waals surface area contributed by atoms with Crippen molar-refractivity contribution in [1.82, 2.24) is 24.3 Å². The molecule has 0 saturated heterocycles. The number of nitrogen functional groups attached to an aromatic ring is 1. The molecule has 0 atom stereocenters. The van der Waals surface area contributed by atoms with Crippen molar-refractivity contribution in [3.63, 3.8) is 0 Å². The van der Waals surface area contributed by atoms with E-state index in [2.05, 4.69) is 47.5 Å². The van der Waals surface area contributed by atoms with Crippen molar-refractivity contribution < 1.29 is 4.79 Å². The molecule has 3 aromatic heterocycles. The molecule has 0 spiro atoms. The van der Waals surface area contributed by atoms with Crippen molar-refractivity contribution >= 4 is 33.7 Å². The molecule has 7 heteroatoms. The largest absolute Gasteiger partial charge is 0.383 e. The summed E-state index contributed by atoms with van der Waals surface area (Å²) in [7, 11) is 0. The number of nitrogens with zero attached hydrogens (tertiary/aromatic N) is 5. The first-order chi connectivity index (χ1) is 17.1. The Bertz CT molecular complexity index is 1620. The highest BCUT2D eigenvalue weighted by Crippen LogP contribution is 2.33. The molecule has 5 aromatic rings. The Morgan fingerprint density at radius 1 is 0.971 bits per heavy atom. The van der Waals surface area contributed by atoms with Crippen LogP contribution in [-0.2, 0) is 4.79 Å². The topological polar surface area (TPSA) is 89.4 Å². The van der Waals surface area contributed by atoms with Gasteiger partial charge in [0.2, 0.25) is 5.91 Å². The SMILES string of the molecule is CC(=O)N1CC=C(c2nc(-c3ccc4ccc(-c5ccccc5)nc4c3)c3cncc(N)n23)CC1. The van der Waals surface area contributed by atoms with Gasteiger partial charge in [0.1, 0.15) is 11.6 Å². The maximum atomic E-state index is 11.8. The van der Waals surface area contributed by atoms with Crippen LogP contribution in [0.2, 0.25) is 0 Å². The number of hydrogen-bond donors (Lipinski definition) is 1. The number of anilines is 1. The molecule has 0 bridgehead atoms. The lowest BCUT2D eigenvalue weighted by Crippen LogP contribution is -2.32. The first-order valence-electron chi connectivity index (χ1n) is 11.6. The summed E-state index contributed by atoms with van der Waals surface area (Å²) in [6.45, 7) is 2.84. The van der Waals surface area contributed by atoms with Crippen molar-refractivity contribution in [3.05, 3.63) is 85.0 Å². The van der Waals surface area contributed by atoms with Crippen molar-refractivity contribution in [2.45, 2.75) is 13.3 Å². The Balaban J connectivity index is 1.48. The fourth-order valence-corrected chi connectivity index (χ4v) is 4.68. The van der Waals surface area contributed by atoms with E-state index in [1.165, 1.54) is 0 Å². The Labute approximate surface area is 202 Å². The summed E-state index contributed by atoms with van der Waals surface area (Å²) in [5.74, 6) is 1.40. The van der Waals surface area contributed by atoms with Gasteiger partial charge in [-0.2, -0.15) is 0 Å². The second-order valence-corrected chi connectivity index (χ2v) is 8.75. The third kappa shape index (κ3) is 3.71. The monoisotopic (exact) mass is 460 g/mol. The highest BCUT2D eigenvalue weighted by molar-refractivity contribution is 5.90. The molecule has 4 heterocycles. The molecular formula is C28H24N6O. The molecule has 2 aromatic carbocycles. The van der Waals surface area contributed by atoms with Crippen LogP contribution < -0.4 is 5.73 Å². The molecule has 0 aliphatic carbocycles. The first kappa shape index (κ1) is 21.0. The summed E-state index contributed by atoms with van der Waals surface area (Å²) < 4.78 is 1.95.